The summed E-state index contributed by atoms with van der Waals surface area (Å²) in [6.07, 6.45) is 7.20. The number of hydrogen-bond acceptors (Lipinski definition) is 2. The Morgan fingerprint density at radius 1 is 0.970 bits per heavy atom. The van der Waals surface area contributed by atoms with Crippen molar-refractivity contribution in [3.63, 3.8) is 0 Å². The number of terminal acetylenes is 1. The van der Waals surface area contributed by atoms with Gasteiger partial charge in [0, 0.05) is 12.1 Å². The van der Waals surface area contributed by atoms with Crippen molar-refractivity contribution in [1.29, 1.82) is 0 Å². The van der Waals surface area contributed by atoms with E-state index in [1.807, 2.05) is 18.2 Å². The van der Waals surface area contributed by atoms with Gasteiger partial charge in [-0.1, -0.05) is 71.6 Å². The van der Waals surface area contributed by atoms with Crippen LogP contribution >= 0.6 is 0 Å². The second kappa shape index (κ2) is 9.65. The molecule has 0 spiro atoms. The molecule has 1 amide bonds. The van der Waals surface area contributed by atoms with Gasteiger partial charge in [0.1, 0.15) is 0 Å². The second-order valence-corrected chi connectivity index (χ2v) is 9.37. The van der Waals surface area contributed by atoms with Crippen molar-refractivity contribution in [2.75, 3.05) is 20.1 Å². The largest absolute Gasteiger partial charge is 0.351 e. The summed E-state index contributed by atoms with van der Waals surface area (Å²) in [7, 11) is 2.12. The maximum absolute atomic E-state index is 13.7. The van der Waals surface area contributed by atoms with Crippen LogP contribution in [-0.2, 0) is 16.8 Å². The highest BCUT2D eigenvalue weighted by atomic mass is 16.2. The van der Waals surface area contributed by atoms with Crippen LogP contribution < -0.4 is 5.32 Å². The maximum Gasteiger partial charge on any atom is 0.231 e. The van der Waals surface area contributed by atoms with Crippen LogP contribution in [0.4, 0.5) is 0 Å². The molecule has 33 heavy (non-hydrogen) atoms. The summed E-state index contributed by atoms with van der Waals surface area (Å²) in [5.41, 5.74) is 7.23. The van der Waals surface area contributed by atoms with E-state index < -0.39 is 5.41 Å². The Balaban J connectivity index is 1.59. The number of nitrogens with one attached hydrogen (secondary N) is 1. The molecule has 0 aliphatic carbocycles. The fraction of sp³-hybridized carbons (Fsp3) is 0.300. The lowest BCUT2D eigenvalue weighted by Crippen LogP contribution is -2.50. The summed E-state index contributed by atoms with van der Waals surface area (Å²) in [6, 6.07) is 22.9. The van der Waals surface area contributed by atoms with Gasteiger partial charge in [-0.25, -0.2) is 0 Å². The first-order valence-electron chi connectivity index (χ1n) is 11.6. The number of aryl methyl sites for hydroxylation is 2. The first-order valence-corrected chi connectivity index (χ1v) is 11.6. The number of amides is 1. The third-order valence-electron chi connectivity index (χ3n) is 6.81. The van der Waals surface area contributed by atoms with Gasteiger partial charge >= 0.3 is 0 Å². The molecule has 0 aromatic heterocycles. The number of hydrogen-bond donors (Lipinski definition) is 1. The zero-order chi connectivity index (χ0) is 23.4. The number of piperidine rings is 1. The highest BCUT2D eigenvalue weighted by Crippen LogP contribution is 2.37. The zero-order valence-electron chi connectivity index (χ0n) is 19.8. The fourth-order valence-corrected chi connectivity index (χ4v) is 4.94. The van der Waals surface area contributed by atoms with E-state index in [0.717, 1.165) is 53.7 Å². The number of benzene rings is 3. The third-order valence-corrected chi connectivity index (χ3v) is 6.81. The molecule has 0 radical (unpaired) electrons. The van der Waals surface area contributed by atoms with E-state index in [2.05, 4.69) is 85.6 Å². The molecule has 1 saturated heterocycles. The van der Waals surface area contributed by atoms with Gasteiger partial charge in [0.05, 0.1) is 5.41 Å². The molecule has 1 N–H and O–H groups in total. The minimum atomic E-state index is -0.509. The van der Waals surface area contributed by atoms with Crippen molar-refractivity contribution in [2.24, 2.45) is 0 Å². The lowest BCUT2D eigenvalue weighted by molar-refractivity contribution is -0.128. The first kappa shape index (κ1) is 22.8. The molecule has 0 unspecified atom stereocenters. The Morgan fingerprint density at radius 3 is 2.27 bits per heavy atom. The number of carbonyl (C=O) groups excluding carboxylic acids is 1. The van der Waals surface area contributed by atoms with Crippen LogP contribution in [0.3, 0.4) is 0 Å². The maximum atomic E-state index is 13.7. The lowest BCUT2D eigenvalue weighted by Gasteiger charge is -2.40. The topological polar surface area (TPSA) is 32.3 Å². The number of nitrogens with zero attached hydrogens (tertiary/aromatic N) is 1. The second-order valence-electron chi connectivity index (χ2n) is 9.37. The van der Waals surface area contributed by atoms with Gasteiger partial charge in [0.15, 0.2) is 0 Å². The van der Waals surface area contributed by atoms with E-state index in [1.54, 1.807) is 0 Å². The normalized spacial score (nSPS) is 15.6. The molecule has 3 aromatic carbocycles. The molecule has 1 aliphatic heterocycles. The molecule has 3 nitrogen and oxygen atoms in total. The zero-order valence-corrected chi connectivity index (χ0v) is 19.8. The van der Waals surface area contributed by atoms with Gasteiger partial charge in [0.25, 0.3) is 0 Å². The number of likely N-dealkylation sites (tertiary alicyclic amines) is 1. The minimum absolute atomic E-state index is 0.122. The predicted octanol–water partition coefficient (Wildman–Crippen LogP) is 5.23. The highest BCUT2D eigenvalue weighted by molar-refractivity contribution is 5.88. The van der Waals surface area contributed by atoms with E-state index in [1.165, 1.54) is 11.1 Å². The van der Waals surface area contributed by atoms with Crippen LogP contribution in [0.2, 0.25) is 0 Å². The van der Waals surface area contributed by atoms with Crippen molar-refractivity contribution in [1.82, 2.24) is 10.2 Å². The summed E-state index contributed by atoms with van der Waals surface area (Å²) >= 11 is 0. The smallest absolute Gasteiger partial charge is 0.231 e. The van der Waals surface area contributed by atoms with E-state index in [9.17, 15) is 4.79 Å². The van der Waals surface area contributed by atoms with Crippen molar-refractivity contribution in [3.8, 4) is 23.5 Å². The molecule has 3 heteroatoms. The van der Waals surface area contributed by atoms with Crippen molar-refractivity contribution in [2.45, 2.75) is 38.6 Å². The minimum Gasteiger partial charge on any atom is -0.351 e. The summed E-state index contributed by atoms with van der Waals surface area (Å²) < 4.78 is 0. The Morgan fingerprint density at radius 2 is 1.64 bits per heavy atom. The summed E-state index contributed by atoms with van der Waals surface area (Å²) in [5.74, 6) is 2.82. The fourth-order valence-electron chi connectivity index (χ4n) is 4.94. The van der Waals surface area contributed by atoms with Gasteiger partial charge in [-0.2, -0.15) is 0 Å². The van der Waals surface area contributed by atoms with E-state index in [-0.39, 0.29) is 5.91 Å². The predicted molar refractivity (Wildman–Crippen MR) is 136 cm³/mol. The third kappa shape index (κ3) is 5.02. The Labute approximate surface area is 197 Å². The monoisotopic (exact) mass is 436 g/mol. The average Bonchev–Trinajstić information content (AvgIpc) is 2.83. The molecule has 3 aromatic rings. The molecule has 1 heterocycles. The molecule has 168 valence electrons. The van der Waals surface area contributed by atoms with E-state index >= 15 is 0 Å². The van der Waals surface area contributed by atoms with Crippen LogP contribution in [-0.4, -0.2) is 30.9 Å². The van der Waals surface area contributed by atoms with Gasteiger partial charge in [-0.15, -0.1) is 6.42 Å². The standard InChI is InChI=1S/C30H32N2O/c1-5-24-7-6-8-27(20-24)26-9-11-28(12-10-26)30(13-15-32(4)16-14-30)29(33)31-21-25-18-22(2)17-23(3)19-25/h1,6-12,17-20H,13-16,21H2,2-4H3,(H,31,33). The molecule has 1 fully saturated rings. The molecular weight excluding hydrogens is 404 g/mol. The summed E-state index contributed by atoms with van der Waals surface area (Å²) in [5, 5.41) is 3.26. The van der Waals surface area contributed by atoms with Crippen LogP contribution in [0.25, 0.3) is 11.1 Å². The van der Waals surface area contributed by atoms with Crippen molar-refractivity contribution < 1.29 is 4.79 Å². The van der Waals surface area contributed by atoms with Crippen LogP contribution in [0.1, 0.15) is 40.7 Å². The van der Waals surface area contributed by atoms with Crippen LogP contribution in [0.5, 0.6) is 0 Å². The van der Waals surface area contributed by atoms with Crippen molar-refractivity contribution >= 4 is 5.91 Å². The summed E-state index contributed by atoms with van der Waals surface area (Å²) in [6.45, 7) is 6.55. The first-order chi connectivity index (χ1) is 15.9. The number of carbonyl (C=O) groups is 1. The quantitative estimate of drug-likeness (QED) is 0.556. The Hall–Kier alpha value is -3.35. The summed E-state index contributed by atoms with van der Waals surface area (Å²) in [4.78, 5) is 16.0. The van der Waals surface area contributed by atoms with Crippen molar-refractivity contribution in [3.05, 3.63) is 94.5 Å². The van der Waals surface area contributed by atoms with Gasteiger partial charge in [0.2, 0.25) is 5.91 Å². The molecule has 0 atom stereocenters. The van der Waals surface area contributed by atoms with Gasteiger partial charge in [-0.3, -0.25) is 4.79 Å². The van der Waals surface area contributed by atoms with Gasteiger partial charge in [-0.05, 0) is 81.2 Å². The SMILES string of the molecule is C#Cc1cccc(-c2ccc(C3(C(=O)NCc4cc(C)cc(C)c4)CCN(C)CC3)cc2)c1. The Bertz CT molecular complexity index is 1160. The average molecular weight is 437 g/mol. The number of rotatable bonds is 5. The van der Waals surface area contributed by atoms with Crippen LogP contribution in [0.15, 0.2) is 66.7 Å². The Kier molecular flexibility index (Phi) is 6.67. The molecule has 4 rings (SSSR count). The van der Waals surface area contributed by atoms with E-state index in [4.69, 9.17) is 6.42 Å². The van der Waals surface area contributed by atoms with Gasteiger partial charge < -0.3 is 10.2 Å². The molecular formula is C30H32N2O. The van der Waals surface area contributed by atoms with E-state index in [0.29, 0.717) is 6.54 Å². The molecule has 0 bridgehead atoms. The molecule has 1 aliphatic rings. The lowest BCUT2D eigenvalue weighted by atomic mass is 9.71. The highest BCUT2D eigenvalue weighted by Gasteiger charge is 2.42. The molecule has 0 saturated carbocycles. The van der Waals surface area contributed by atoms with Crippen LogP contribution in [0, 0.1) is 26.2 Å².